The second-order valence-electron chi connectivity index (χ2n) is 6.91. The highest BCUT2D eigenvalue weighted by Gasteiger charge is 2.46. The smallest absolute Gasteiger partial charge is 0.578 e. The summed E-state index contributed by atoms with van der Waals surface area (Å²) in [6, 6.07) is 21.4. The fourth-order valence-electron chi connectivity index (χ4n) is 3.07. The summed E-state index contributed by atoms with van der Waals surface area (Å²) in [6.07, 6.45) is 0.400. The van der Waals surface area contributed by atoms with Crippen molar-refractivity contribution >= 4 is 17.1 Å². The van der Waals surface area contributed by atoms with Gasteiger partial charge in [0.15, 0.2) is 4.90 Å². The summed E-state index contributed by atoms with van der Waals surface area (Å²) in [5.74, 6) is 0.145. The molecule has 0 amide bonds. The molecule has 0 saturated carbocycles. The third kappa shape index (κ3) is 6.27. The fourth-order valence-corrected chi connectivity index (χ4v) is 3.72. The van der Waals surface area contributed by atoms with Gasteiger partial charge in [0, 0.05) is 0 Å². The lowest BCUT2D eigenvalue weighted by molar-refractivity contribution is -0.146. The van der Waals surface area contributed by atoms with Gasteiger partial charge in [0.1, 0.15) is 18.1 Å². The molecule has 0 aromatic heterocycles. The molecule has 3 rings (SSSR count). The number of carbonyl (C=O) groups excluding carboxylic acids is 1. The topological polar surface area (TPSA) is 58.6 Å². The third-order valence-electron chi connectivity index (χ3n) is 4.66. The molecule has 2 atom stereocenters. The van der Waals surface area contributed by atoms with E-state index in [0.717, 1.165) is 17.7 Å². The van der Waals surface area contributed by atoms with Crippen LogP contribution in [0.2, 0.25) is 0 Å². The van der Waals surface area contributed by atoms with Gasteiger partial charge in [0.2, 0.25) is 0 Å². The molecule has 3 aromatic carbocycles. The monoisotopic (exact) mass is 462 g/mol. The second-order valence-corrected chi connectivity index (χ2v) is 8.39. The largest absolute Gasteiger partial charge is 0.604 e. The van der Waals surface area contributed by atoms with Gasteiger partial charge in [-0.3, -0.25) is 4.79 Å². The first-order valence-electron chi connectivity index (χ1n) is 9.85. The first-order valence-corrected chi connectivity index (χ1v) is 11.0. The summed E-state index contributed by atoms with van der Waals surface area (Å²) < 4.78 is 60.5. The molecular weight excluding hydrogens is 441 g/mol. The molecule has 0 spiro atoms. The maximum atomic E-state index is 12.6. The zero-order valence-corrected chi connectivity index (χ0v) is 18.0. The molecule has 2 unspecified atom stereocenters. The van der Waals surface area contributed by atoms with Crippen LogP contribution in [-0.2, 0) is 27.3 Å². The van der Waals surface area contributed by atoms with Crippen molar-refractivity contribution in [3.05, 3.63) is 90.0 Å². The van der Waals surface area contributed by atoms with E-state index in [1.165, 1.54) is 12.1 Å². The molecule has 0 aliphatic rings. The maximum absolute atomic E-state index is 12.6. The predicted molar refractivity (Wildman–Crippen MR) is 115 cm³/mol. The molecule has 3 aromatic rings. The van der Waals surface area contributed by atoms with Crippen LogP contribution in [0.3, 0.4) is 0 Å². The van der Waals surface area contributed by atoms with Crippen LogP contribution in [0.15, 0.2) is 83.8 Å². The Kier molecular flexibility index (Phi) is 7.82. The van der Waals surface area contributed by atoms with E-state index in [1.807, 2.05) is 30.3 Å². The number of esters is 1. The minimum absolute atomic E-state index is 0.0253. The van der Waals surface area contributed by atoms with E-state index in [0.29, 0.717) is 23.5 Å². The Bertz CT molecular complexity index is 1020. The number of ether oxygens (including phenoxy) is 2. The molecule has 4 nitrogen and oxygen atoms in total. The zero-order chi connectivity index (χ0) is 23.1. The molecule has 32 heavy (non-hydrogen) atoms. The Morgan fingerprint density at radius 3 is 2.25 bits per heavy atom. The van der Waals surface area contributed by atoms with Crippen LogP contribution in [-0.4, -0.2) is 16.0 Å². The van der Waals surface area contributed by atoms with Crippen molar-refractivity contribution in [2.24, 2.45) is 0 Å². The molecule has 0 bridgehead atoms. The molecule has 0 heterocycles. The lowest BCUT2D eigenvalue weighted by Gasteiger charge is -2.16. The molecular formula is C24H21F3O4S. The lowest BCUT2D eigenvalue weighted by Crippen LogP contribution is -2.23. The average Bonchev–Trinajstić information content (AvgIpc) is 2.78. The Hall–Kier alpha value is -2.97. The van der Waals surface area contributed by atoms with Gasteiger partial charge in [-0.15, -0.1) is 13.2 Å². The molecule has 8 heteroatoms. The number of para-hydroxylation sites is 1. The van der Waals surface area contributed by atoms with Crippen molar-refractivity contribution in [3.63, 3.8) is 0 Å². The number of rotatable bonds is 8. The van der Waals surface area contributed by atoms with Crippen LogP contribution in [0.5, 0.6) is 11.5 Å². The molecule has 0 fully saturated rings. The highest BCUT2D eigenvalue weighted by molar-refractivity contribution is 7.92. The summed E-state index contributed by atoms with van der Waals surface area (Å²) in [6.45, 7) is 1.81. The highest BCUT2D eigenvalue weighted by Crippen LogP contribution is 2.31. The Morgan fingerprint density at radius 1 is 0.969 bits per heavy atom. The number of benzene rings is 3. The normalized spacial score (nSPS) is 13.3. The van der Waals surface area contributed by atoms with E-state index in [9.17, 15) is 22.5 Å². The highest BCUT2D eigenvalue weighted by atomic mass is 32.2. The molecule has 168 valence electrons. The number of carbonyl (C=O) groups is 1. The summed E-state index contributed by atoms with van der Waals surface area (Å²) in [7, 11) is 0. The van der Waals surface area contributed by atoms with Crippen LogP contribution in [0.4, 0.5) is 13.2 Å². The Balaban J connectivity index is 1.63. The van der Waals surface area contributed by atoms with Gasteiger partial charge >= 0.3 is 11.5 Å². The summed E-state index contributed by atoms with van der Waals surface area (Å²) in [5.41, 5.74) is -3.59. The second kappa shape index (κ2) is 10.6. The van der Waals surface area contributed by atoms with E-state index < -0.39 is 28.6 Å². The van der Waals surface area contributed by atoms with Gasteiger partial charge in [-0.2, -0.15) is 0 Å². The van der Waals surface area contributed by atoms with E-state index in [-0.39, 0.29) is 11.5 Å². The van der Waals surface area contributed by atoms with Gasteiger partial charge < -0.3 is 14.0 Å². The minimum atomic E-state index is -4.83. The quantitative estimate of drug-likeness (QED) is 0.289. The summed E-state index contributed by atoms with van der Waals surface area (Å²) in [5, 5.41) is 0. The van der Waals surface area contributed by atoms with Crippen molar-refractivity contribution in [2.45, 2.75) is 36.3 Å². The van der Waals surface area contributed by atoms with Crippen LogP contribution in [0.1, 0.15) is 30.4 Å². The fraction of sp³-hybridized carbons (Fsp3) is 0.208. The van der Waals surface area contributed by atoms with Crippen LogP contribution >= 0.6 is 0 Å². The first-order chi connectivity index (χ1) is 15.3. The number of alkyl halides is 3. The SMILES string of the molecule is CCC(C(=O)OCc1cccc(Oc2ccccc2)c1)c1ccc([S+]([O-])C(F)(F)F)cc1. The average molecular weight is 462 g/mol. The Morgan fingerprint density at radius 2 is 1.62 bits per heavy atom. The van der Waals surface area contributed by atoms with E-state index in [2.05, 4.69) is 0 Å². The van der Waals surface area contributed by atoms with Crippen LogP contribution in [0.25, 0.3) is 0 Å². The predicted octanol–water partition coefficient (Wildman–Crippen LogP) is 6.34. The summed E-state index contributed by atoms with van der Waals surface area (Å²) >= 11 is -3.11. The number of halogens is 3. The molecule has 0 aliphatic carbocycles. The number of hydrogen-bond acceptors (Lipinski definition) is 4. The minimum Gasteiger partial charge on any atom is -0.604 e. The molecule has 0 aliphatic heterocycles. The van der Waals surface area contributed by atoms with Gasteiger partial charge in [-0.1, -0.05) is 49.4 Å². The van der Waals surface area contributed by atoms with Crippen molar-refractivity contribution in [3.8, 4) is 11.5 Å². The van der Waals surface area contributed by atoms with Crippen molar-refractivity contribution in [2.75, 3.05) is 0 Å². The van der Waals surface area contributed by atoms with E-state index in [4.69, 9.17) is 9.47 Å². The molecule has 0 N–H and O–H groups in total. The molecule has 0 radical (unpaired) electrons. The van der Waals surface area contributed by atoms with Crippen molar-refractivity contribution < 1.29 is 32.0 Å². The van der Waals surface area contributed by atoms with Crippen molar-refractivity contribution in [1.82, 2.24) is 0 Å². The van der Waals surface area contributed by atoms with Crippen LogP contribution in [0, 0.1) is 0 Å². The third-order valence-corrected chi connectivity index (χ3v) is 5.78. The number of hydrogen-bond donors (Lipinski definition) is 0. The first kappa shape index (κ1) is 23.7. The van der Waals surface area contributed by atoms with E-state index in [1.54, 1.807) is 31.2 Å². The molecule has 0 saturated heterocycles. The van der Waals surface area contributed by atoms with Crippen LogP contribution < -0.4 is 4.74 Å². The van der Waals surface area contributed by atoms with Crippen molar-refractivity contribution in [1.29, 1.82) is 0 Å². The zero-order valence-electron chi connectivity index (χ0n) is 17.2. The van der Waals surface area contributed by atoms with Gasteiger partial charge in [0.25, 0.3) is 0 Å². The van der Waals surface area contributed by atoms with Gasteiger partial charge in [0.05, 0.1) is 17.1 Å². The maximum Gasteiger partial charge on any atom is 0.578 e. The Labute approximate surface area is 187 Å². The van der Waals surface area contributed by atoms with E-state index >= 15 is 0 Å². The van der Waals surface area contributed by atoms with Gasteiger partial charge in [-0.25, -0.2) is 0 Å². The summed E-state index contributed by atoms with van der Waals surface area (Å²) in [4.78, 5) is 12.2. The standard InChI is InChI=1S/C24H21F3O4S/c1-2-22(18-11-13-21(14-12-18)32(29)24(25,26)27)23(28)30-16-17-7-6-10-20(15-17)31-19-8-4-3-5-9-19/h3-15,22H,2,16H2,1H3. The van der Waals surface area contributed by atoms with Gasteiger partial charge in [-0.05, 0) is 53.9 Å². The lowest BCUT2D eigenvalue weighted by atomic mass is 9.97.